The molecule has 0 unspecified atom stereocenters. The summed E-state index contributed by atoms with van der Waals surface area (Å²) in [6.45, 7) is 6.47. The Hall–Kier alpha value is -1.70. The molecule has 4 rings (SSSR count). The Morgan fingerprint density at radius 2 is 2.03 bits per heavy atom. The van der Waals surface area contributed by atoms with E-state index in [1.807, 2.05) is 25.1 Å². The Morgan fingerprint density at radius 1 is 1.24 bits per heavy atom. The molecule has 3 aromatic rings. The highest BCUT2D eigenvalue weighted by atomic mass is 35.5. The first kappa shape index (κ1) is 20.6. The van der Waals surface area contributed by atoms with Gasteiger partial charge in [0.05, 0.1) is 34.0 Å². The third-order valence-corrected chi connectivity index (χ3v) is 6.58. The van der Waals surface area contributed by atoms with E-state index in [1.54, 1.807) is 23.1 Å². The van der Waals surface area contributed by atoms with E-state index in [0.29, 0.717) is 27.3 Å². The number of hydrogen-bond donors (Lipinski definition) is 0. The summed E-state index contributed by atoms with van der Waals surface area (Å²) >= 11 is 13.9. The summed E-state index contributed by atoms with van der Waals surface area (Å²) in [5.41, 5.74) is 2.45. The average molecular weight is 450 g/mol. The molecule has 0 aliphatic carbocycles. The molecule has 1 saturated heterocycles. The monoisotopic (exact) mass is 449 g/mol. The van der Waals surface area contributed by atoms with Gasteiger partial charge in [-0.3, -0.25) is 14.6 Å². The quantitative estimate of drug-likeness (QED) is 0.555. The summed E-state index contributed by atoms with van der Waals surface area (Å²) in [5.74, 6) is -0.170. The minimum atomic E-state index is -0.170. The van der Waals surface area contributed by atoms with Crippen LogP contribution >= 0.6 is 34.5 Å². The van der Waals surface area contributed by atoms with Crippen molar-refractivity contribution in [2.75, 3.05) is 44.3 Å². The zero-order valence-electron chi connectivity index (χ0n) is 16.0. The van der Waals surface area contributed by atoms with Crippen molar-refractivity contribution in [3.63, 3.8) is 0 Å². The highest BCUT2D eigenvalue weighted by Gasteiger charge is 2.24. The maximum atomic E-state index is 13.4. The predicted octanol–water partition coefficient (Wildman–Crippen LogP) is 4.89. The third-order valence-electron chi connectivity index (χ3n) is 4.99. The number of carbonyl (C=O) groups excluding carboxylic acids is 1. The number of carbonyl (C=O) groups is 1. The van der Waals surface area contributed by atoms with Crippen LogP contribution in [0.25, 0.3) is 10.2 Å². The van der Waals surface area contributed by atoms with Crippen LogP contribution in [0.3, 0.4) is 0 Å². The molecule has 8 heteroatoms. The van der Waals surface area contributed by atoms with Crippen molar-refractivity contribution in [1.82, 2.24) is 9.88 Å². The molecule has 1 aliphatic rings. The molecule has 0 radical (unpaired) electrons. The van der Waals surface area contributed by atoms with Gasteiger partial charge in [-0.1, -0.05) is 46.7 Å². The molecule has 152 valence electrons. The van der Waals surface area contributed by atoms with Gasteiger partial charge in [-0.25, -0.2) is 4.98 Å². The second kappa shape index (κ2) is 8.98. The van der Waals surface area contributed by atoms with E-state index in [9.17, 15) is 4.79 Å². The molecular formula is C21H21Cl2N3O2S. The summed E-state index contributed by atoms with van der Waals surface area (Å²) in [6, 6.07) is 11.0. The Bertz CT molecular complexity index is 1030. The van der Waals surface area contributed by atoms with Gasteiger partial charge in [-0.05, 0) is 36.8 Å². The summed E-state index contributed by atoms with van der Waals surface area (Å²) in [7, 11) is 0. The lowest BCUT2D eigenvalue weighted by Crippen LogP contribution is -2.43. The van der Waals surface area contributed by atoms with Crippen molar-refractivity contribution in [3.8, 4) is 0 Å². The molecule has 29 heavy (non-hydrogen) atoms. The van der Waals surface area contributed by atoms with Crippen molar-refractivity contribution in [2.45, 2.75) is 6.92 Å². The summed E-state index contributed by atoms with van der Waals surface area (Å²) in [5, 5.41) is 1.52. The number of nitrogens with zero attached hydrogens (tertiary/aromatic N) is 3. The van der Waals surface area contributed by atoms with Crippen LogP contribution in [0.5, 0.6) is 0 Å². The van der Waals surface area contributed by atoms with Crippen LogP contribution in [0.2, 0.25) is 10.0 Å². The third kappa shape index (κ3) is 4.57. The van der Waals surface area contributed by atoms with E-state index in [2.05, 4.69) is 4.90 Å². The van der Waals surface area contributed by atoms with Gasteiger partial charge in [0.25, 0.3) is 5.91 Å². The van der Waals surface area contributed by atoms with Crippen LogP contribution in [0, 0.1) is 6.92 Å². The number of aryl methyl sites for hydroxylation is 1. The first-order valence-corrected chi connectivity index (χ1v) is 11.0. The lowest BCUT2D eigenvalue weighted by molar-refractivity contribution is 0.0391. The minimum absolute atomic E-state index is 0.170. The number of fused-ring (bicyclic) bond motifs is 1. The molecule has 2 aromatic carbocycles. The van der Waals surface area contributed by atoms with Crippen LogP contribution in [0.15, 0.2) is 36.4 Å². The van der Waals surface area contributed by atoms with E-state index in [4.69, 9.17) is 32.9 Å². The number of para-hydroxylation sites is 1. The molecule has 0 spiro atoms. The van der Waals surface area contributed by atoms with Crippen LogP contribution in [-0.2, 0) is 4.74 Å². The number of amides is 1. The van der Waals surface area contributed by atoms with Gasteiger partial charge in [0, 0.05) is 31.2 Å². The highest BCUT2D eigenvalue weighted by molar-refractivity contribution is 7.22. The average Bonchev–Trinajstić information content (AvgIpc) is 3.14. The van der Waals surface area contributed by atoms with E-state index >= 15 is 0 Å². The molecule has 1 fully saturated rings. The number of aromatic nitrogens is 1. The molecule has 0 saturated carbocycles. The predicted molar refractivity (Wildman–Crippen MR) is 120 cm³/mol. The maximum Gasteiger partial charge on any atom is 0.261 e. The van der Waals surface area contributed by atoms with Crippen LogP contribution in [-0.4, -0.2) is 55.2 Å². The number of hydrogen-bond acceptors (Lipinski definition) is 5. The summed E-state index contributed by atoms with van der Waals surface area (Å²) < 4.78 is 6.49. The Labute approximate surface area is 183 Å². The van der Waals surface area contributed by atoms with Crippen molar-refractivity contribution in [1.29, 1.82) is 0 Å². The molecule has 1 aliphatic heterocycles. The van der Waals surface area contributed by atoms with Crippen LogP contribution in [0.1, 0.15) is 15.9 Å². The second-order valence-corrected chi connectivity index (χ2v) is 8.81. The molecular weight excluding hydrogens is 429 g/mol. The topological polar surface area (TPSA) is 45.7 Å². The van der Waals surface area contributed by atoms with Gasteiger partial charge in [0.2, 0.25) is 0 Å². The van der Waals surface area contributed by atoms with Crippen LogP contribution in [0.4, 0.5) is 5.13 Å². The largest absolute Gasteiger partial charge is 0.379 e. The number of ether oxygens (including phenoxy) is 1. The number of halogens is 2. The molecule has 1 aromatic heterocycles. The number of anilines is 1. The fraction of sp³-hybridized carbons (Fsp3) is 0.333. The van der Waals surface area contributed by atoms with Crippen LogP contribution < -0.4 is 4.90 Å². The molecule has 1 amide bonds. The van der Waals surface area contributed by atoms with Crippen molar-refractivity contribution in [3.05, 3.63) is 57.6 Å². The standard InChI is InChI=1S/C21H21Cl2N3O2S/c1-14-3-2-4-18-19(14)24-21(29-18)26(8-7-25-9-11-28-12-10-25)20(27)16-6-5-15(22)13-17(16)23/h2-6,13H,7-12H2,1H3. The second-order valence-electron chi connectivity index (χ2n) is 6.95. The zero-order valence-corrected chi connectivity index (χ0v) is 18.4. The van der Waals surface area contributed by atoms with Crippen molar-refractivity contribution < 1.29 is 9.53 Å². The fourth-order valence-electron chi connectivity index (χ4n) is 3.35. The van der Waals surface area contributed by atoms with E-state index in [1.165, 1.54) is 11.3 Å². The van der Waals surface area contributed by atoms with Gasteiger partial charge in [0.15, 0.2) is 5.13 Å². The number of thiazole rings is 1. The SMILES string of the molecule is Cc1cccc2sc(N(CCN3CCOCC3)C(=O)c3ccc(Cl)cc3Cl)nc12. The molecule has 0 atom stereocenters. The van der Waals surface area contributed by atoms with E-state index < -0.39 is 0 Å². The lowest BCUT2D eigenvalue weighted by Gasteiger charge is -2.29. The van der Waals surface area contributed by atoms with Gasteiger partial charge < -0.3 is 4.74 Å². The van der Waals surface area contributed by atoms with Crippen molar-refractivity contribution >= 4 is 55.8 Å². The van der Waals surface area contributed by atoms with Crippen molar-refractivity contribution in [2.24, 2.45) is 0 Å². The highest BCUT2D eigenvalue weighted by Crippen LogP contribution is 2.32. The smallest absolute Gasteiger partial charge is 0.261 e. The summed E-state index contributed by atoms with van der Waals surface area (Å²) in [6.07, 6.45) is 0. The number of benzene rings is 2. The lowest BCUT2D eigenvalue weighted by atomic mass is 10.2. The number of rotatable bonds is 5. The Balaban J connectivity index is 1.67. The van der Waals surface area contributed by atoms with E-state index in [0.717, 1.165) is 48.6 Å². The first-order chi connectivity index (χ1) is 14.0. The molecule has 0 bridgehead atoms. The summed E-state index contributed by atoms with van der Waals surface area (Å²) in [4.78, 5) is 22.2. The molecule has 0 N–H and O–H groups in total. The Kier molecular flexibility index (Phi) is 6.37. The van der Waals surface area contributed by atoms with E-state index in [-0.39, 0.29) is 5.91 Å². The molecule has 2 heterocycles. The maximum absolute atomic E-state index is 13.4. The number of morpholine rings is 1. The minimum Gasteiger partial charge on any atom is -0.379 e. The Morgan fingerprint density at radius 3 is 2.76 bits per heavy atom. The van der Waals surface area contributed by atoms with Gasteiger partial charge >= 0.3 is 0 Å². The zero-order chi connectivity index (χ0) is 20.4. The van der Waals surface area contributed by atoms with Gasteiger partial charge in [0.1, 0.15) is 0 Å². The fourth-order valence-corrected chi connectivity index (χ4v) is 4.91. The van der Waals surface area contributed by atoms with Gasteiger partial charge in [-0.2, -0.15) is 0 Å². The molecule has 5 nitrogen and oxygen atoms in total. The first-order valence-electron chi connectivity index (χ1n) is 9.46. The normalized spacial score (nSPS) is 15.0. The van der Waals surface area contributed by atoms with Gasteiger partial charge in [-0.15, -0.1) is 0 Å².